The van der Waals surface area contributed by atoms with Crippen LogP contribution in [0.5, 0.6) is 0 Å². The molecule has 0 fully saturated rings. The molecule has 0 radical (unpaired) electrons. The molecule has 1 aromatic rings. The van der Waals surface area contributed by atoms with Crippen LogP contribution >= 0.6 is 11.6 Å². The standard InChI is InChI=1S/C7H7ClN2O2/c8-4-7(12)10-3-1-2-6(10)9-5-11/h1-3,5H,4H2,(H,9,11). The molecule has 12 heavy (non-hydrogen) atoms. The summed E-state index contributed by atoms with van der Waals surface area (Å²) < 4.78 is 1.28. The smallest absolute Gasteiger partial charge is 0.247 e. The number of carbonyl (C=O) groups excluding carboxylic acids is 2. The molecule has 1 rings (SSSR count). The van der Waals surface area contributed by atoms with E-state index in [-0.39, 0.29) is 11.8 Å². The minimum atomic E-state index is -0.272. The lowest BCUT2D eigenvalue weighted by atomic mass is 10.6. The van der Waals surface area contributed by atoms with Gasteiger partial charge in [-0.3, -0.25) is 14.2 Å². The highest BCUT2D eigenvalue weighted by atomic mass is 35.5. The molecule has 0 saturated carbocycles. The van der Waals surface area contributed by atoms with Crippen LogP contribution in [0.3, 0.4) is 0 Å². The number of aromatic nitrogens is 1. The quantitative estimate of drug-likeness (QED) is 0.564. The first kappa shape index (κ1) is 8.80. The average Bonchev–Trinajstić information content (AvgIpc) is 2.52. The summed E-state index contributed by atoms with van der Waals surface area (Å²) in [5, 5.41) is 2.37. The van der Waals surface area contributed by atoms with Gasteiger partial charge >= 0.3 is 0 Å². The molecular formula is C7H7ClN2O2. The first-order valence-electron chi connectivity index (χ1n) is 3.26. The Labute approximate surface area is 74.1 Å². The van der Waals surface area contributed by atoms with E-state index in [1.54, 1.807) is 12.1 Å². The van der Waals surface area contributed by atoms with Crippen molar-refractivity contribution in [1.82, 2.24) is 4.57 Å². The van der Waals surface area contributed by atoms with Crippen molar-refractivity contribution in [2.24, 2.45) is 0 Å². The number of hydrogen-bond acceptors (Lipinski definition) is 2. The van der Waals surface area contributed by atoms with Crippen LogP contribution in [0.4, 0.5) is 5.82 Å². The van der Waals surface area contributed by atoms with Gasteiger partial charge in [0.25, 0.3) is 0 Å². The average molecular weight is 187 g/mol. The van der Waals surface area contributed by atoms with E-state index in [9.17, 15) is 9.59 Å². The maximum Gasteiger partial charge on any atom is 0.247 e. The predicted octanol–water partition coefficient (Wildman–Crippen LogP) is 0.935. The van der Waals surface area contributed by atoms with Crippen LogP contribution in [0.15, 0.2) is 18.3 Å². The Bertz CT molecular complexity index is 295. The van der Waals surface area contributed by atoms with Crippen LogP contribution in [-0.2, 0) is 4.79 Å². The highest BCUT2D eigenvalue weighted by Crippen LogP contribution is 2.07. The zero-order chi connectivity index (χ0) is 8.97. The van der Waals surface area contributed by atoms with Crippen molar-refractivity contribution in [1.29, 1.82) is 0 Å². The predicted molar refractivity (Wildman–Crippen MR) is 45.5 cm³/mol. The van der Waals surface area contributed by atoms with E-state index in [0.29, 0.717) is 12.2 Å². The Morgan fingerprint density at radius 3 is 3.08 bits per heavy atom. The number of carbonyl (C=O) groups is 2. The molecule has 1 heterocycles. The zero-order valence-electron chi connectivity index (χ0n) is 6.16. The Morgan fingerprint density at radius 2 is 2.50 bits per heavy atom. The molecule has 0 aliphatic rings. The molecule has 0 spiro atoms. The lowest BCUT2D eigenvalue weighted by molar-refractivity contribution is -0.105. The van der Waals surface area contributed by atoms with Crippen molar-refractivity contribution < 1.29 is 9.59 Å². The third-order valence-electron chi connectivity index (χ3n) is 1.34. The Hall–Kier alpha value is -1.29. The van der Waals surface area contributed by atoms with Crippen LogP contribution in [0.25, 0.3) is 0 Å². The van der Waals surface area contributed by atoms with Crippen LogP contribution in [0.2, 0.25) is 0 Å². The number of anilines is 1. The molecule has 0 aliphatic heterocycles. The molecule has 1 aromatic heterocycles. The number of amides is 1. The van der Waals surface area contributed by atoms with Gasteiger partial charge in [0, 0.05) is 6.20 Å². The first-order chi connectivity index (χ1) is 5.79. The molecule has 1 N–H and O–H groups in total. The maximum atomic E-state index is 11.0. The number of rotatable bonds is 3. The summed E-state index contributed by atoms with van der Waals surface area (Å²) in [5.41, 5.74) is 0. The van der Waals surface area contributed by atoms with Gasteiger partial charge in [0.2, 0.25) is 12.3 Å². The van der Waals surface area contributed by atoms with Gasteiger partial charge in [-0.15, -0.1) is 11.6 Å². The van der Waals surface area contributed by atoms with Crippen molar-refractivity contribution in [2.75, 3.05) is 11.2 Å². The normalized spacial score (nSPS) is 9.42. The van der Waals surface area contributed by atoms with Gasteiger partial charge < -0.3 is 5.32 Å². The van der Waals surface area contributed by atoms with E-state index in [2.05, 4.69) is 5.32 Å². The fraction of sp³-hybridized carbons (Fsp3) is 0.143. The molecule has 5 heteroatoms. The third kappa shape index (κ3) is 1.65. The van der Waals surface area contributed by atoms with Gasteiger partial charge in [-0.2, -0.15) is 0 Å². The summed E-state index contributed by atoms with van der Waals surface area (Å²) in [4.78, 5) is 21.1. The van der Waals surface area contributed by atoms with Crippen molar-refractivity contribution in [3.8, 4) is 0 Å². The van der Waals surface area contributed by atoms with Gasteiger partial charge in [-0.25, -0.2) is 0 Å². The third-order valence-corrected chi connectivity index (χ3v) is 1.57. The first-order valence-corrected chi connectivity index (χ1v) is 3.79. The number of nitrogens with one attached hydrogen (secondary N) is 1. The van der Waals surface area contributed by atoms with E-state index in [1.807, 2.05) is 0 Å². The summed E-state index contributed by atoms with van der Waals surface area (Å²) in [6, 6.07) is 3.26. The second-order valence-electron chi connectivity index (χ2n) is 2.05. The molecule has 0 unspecified atom stereocenters. The number of alkyl halides is 1. The Balaban J connectivity index is 2.90. The molecule has 0 atom stereocenters. The minimum Gasteiger partial charge on any atom is -0.314 e. The number of halogens is 1. The van der Waals surface area contributed by atoms with Gasteiger partial charge in [0.15, 0.2) is 0 Å². The van der Waals surface area contributed by atoms with E-state index >= 15 is 0 Å². The fourth-order valence-electron chi connectivity index (χ4n) is 0.841. The van der Waals surface area contributed by atoms with Crippen LogP contribution in [0.1, 0.15) is 4.79 Å². The van der Waals surface area contributed by atoms with Crippen molar-refractivity contribution >= 4 is 29.7 Å². The summed E-state index contributed by atoms with van der Waals surface area (Å²) in [7, 11) is 0. The number of nitrogens with zero attached hydrogens (tertiary/aromatic N) is 1. The van der Waals surface area contributed by atoms with Gasteiger partial charge in [-0.1, -0.05) is 0 Å². The van der Waals surface area contributed by atoms with Crippen LogP contribution < -0.4 is 5.32 Å². The van der Waals surface area contributed by atoms with E-state index < -0.39 is 0 Å². The van der Waals surface area contributed by atoms with Crippen LogP contribution in [0, 0.1) is 0 Å². The summed E-state index contributed by atoms with van der Waals surface area (Å²) in [5.74, 6) is 0.0454. The second kappa shape index (κ2) is 3.92. The zero-order valence-corrected chi connectivity index (χ0v) is 6.91. The topological polar surface area (TPSA) is 51.1 Å². The number of hydrogen-bond donors (Lipinski definition) is 1. The highest BCUT2D eigenvalue weighted by Gasteiger charge is 2.05. The summed E-state index contributed by atoms with van der Waals surface area (Å²) >= 11 is 5.33. The molecule has 64 valence electrons. The second-order valence-corrected chi connectivity index (χ2v) is 2.32. The van der Waals surface area contributed by atoms with E-state index in [4.69, 9.17) is 11.6 Å². The molecule has 0 saturated heterocycles. The highest BCUT2D eigenvalue weighted by molar-refractivity contribution is 6.27. The SMILES string of the molecule is O=CNc1cccn1C(=O)CCl. The van der Waals surface area contributed by atoms with E-state index in [0.717, 1.165) is 0 Å². The molecule has 1 amide bonds. The largest absolute Gasteiger partial charge is 0.314 e. The lowest BCUT2D eigenvalue weighted by Gasteiger charge is -2.02. The maximum absolute atomic E-state index is 11.0. The van der Waals surface area contributed by atoms with Gasteiger partial charge in [0.05, 0.1) is 0 Å². The molecule has 4 nitrogen and oxygen atoms in total. The monoisotopic (exact) mass is 186 g/mol. The molecule has 0 bridgehead atoms. The summed E-state index contributed by atoms with van der Waals surface area (Å²) in [6.45, 7) is 0. The van der Waals surface area contributed by atoms with Crippen LogP contribution in [-0.4, -0.2) is 22.8 Å². The minimum absolute atomic E-state index is 0.109. The summed E-state index contributed by atoms with van der Waals surface area (Å²) in [6.07, 6.45) is 2.05. The lowest BCUT2D eigenvalue weighted by Crippen LogP contribution is -2.13. The van der Waals surface area contributed by atoms with E-state index in [1.165, 1.54) is 10.8 Å². The Morgan fingerprint density at radius 1 is 1.75 bits per heavy atom. The van der Waals surface area contributed by atoms with Crippen molar-refractivity contribution in [3.63, 3.8) is 0 Å². The fourth-order valence-corrected chi connectivity index (χ4v) is 0.970. The Kier molecular flexibility index (Phi) is 2.88. The van der Waals surface area contributed by atoms with Gasteiger partial charge in [0.1, 0.15) is 11.7 Å². The van der Waals surface area contributed by atoms with Gasteiger partial charge in [-0.05, 0) is 12.1 Å². The molecule has 0 aromatic carbocycles. The molecule has 0 aliphatic carbocycles. The van der Waals surface area contributed by atoms with Crippen molar-refractivity contribution in [2.45, 2.75) is 0 Å². The van der Waals surface area contributed by atoms with Crippen molar-refractivity contribution in [3.05, 3.63) is 18.3 Å². The molecular weight excluding hydrogens is 180 g/mol.